The highest BCUT2D eigenvalue weighted by molar-refractivity contribution is 7.13. The summed E-state index contributed by atoms with van der Waals surface area (Å²) in [5.41, 5.74) is 3.22. The van der Waals surface area contributed by atoms with Gasteiger partial charge in [-0.3, -0.25) is 19.6 Å². The van der Waals surface area contributed by atoms with Gasteiger partial charge in [0.15, 0.2) is 5.01 Å². The van der Waals surface area contributed by atoms with Gasteiger partial charge in [-0.15, -0.1) is 11.3 Å². The topological polar surface area (TPSA) is 139 Å². The number of rotatable bonds is 5. The highest BCUT2D eigenvalue weighted by Crippen LogP contribution is 2.28. The van der Waals surface area contributed by atoms with Gasteiger partial charge in [-0.05, 0) is 50.6 Å². The molecule has 1 aromatic carbocycles. The highest BCUT2D eigenvalue weighted by Gasteiger charge is 2.37. The number of hydroxylamine groups is 1. The van der Waals surface area contributed by atoms with Gasteiger partial charge in [-0.2, -0.15) is 0 Å². The lowest BCUT2D eigenvalue weighted by atomic mass is 9.81. The SMILES string of the molecule is CN1CCc2nc(C(=O)N[C@@H]3C[C@@H](C(=O)N(C)C)CC[C@@H]3NC(=O)C(=Nc3ccc(Cl)cc3)NO)sc2C1. The van der Waals surface area contributed by atoms with Gasteiger partial charge in [-0.1, -0.05) is 11.6 Å². The van der Waals surface area contributed by atoms with E-state index in [9.17, 15) is 19.6 Å². The number of thiazole rings is 1. The molecule has 2 aliphatic rings. The number of amides is 3. The number of hydrogen-bond acceptors (Lipinski definition) is 8. The molecule has 2 heterocycles. The monoisotopic (exact) mass is 561 g/mol. The fourth-order valence-corrected chi connectivity index (χ4v) is 5.97. The molecule has 3 amide bonds. The minimum atomic E-state index is -0.642. The number of carbonyl (C=O) groups excluding carboxylic acids is 3. The number of hydrogen-bond donors (Lipinski definition) is 4. The van der Waals surface area contributed by atoms with Crippen molar-refractivity contribution in [3.63, 3.8) is 0 Å². The number of benzene rings is 1. The first kappa shape index (κ1) is 28.0. The highest BCUT2D eigenvalue weighted by atomic mass is 35.5. The summed E-state index contributed by atoms with van der Waals surface area (Å²) < 4.78 is 0. The minimum Gasteiger partial charge on any atom is -0.349 e. The van der Waals surface area contributed by atoms with Crippen LogP contribution < -0.4 is 16.1 Å². The number of nitrogens with zero attached hydrogens (tertiary/aromatic N) is 4. The molecule has 0 bridgehead atoms. The third kappa shape index (κ3) is 6.68. The van der Waals surface area contributed by atoms with Crippen LogP contribution in [0.2, 0.25) is 5.02 Å². The molecule has 204 valence electrons. The standard InChI is InChI=1S/C25H32ClN7O4S/c1-32(2)25(36)14-4-9-17(28-22(34)21(31-37)27-16-7-5-15(26)6-8-16)19(12-14)29-23(35)24-30-18-10-11-33(3)13-20(18)38-24/h5-8,14,17,19,37H,4,9-13H2,1-3H3,(H,27,31)(H,28,34)(H,29,35)/t14-,17-,19+/m0/s1. The largest absolute Gasteiger partial charge is 0.349 e. The summed E-state index contributed by atoms with van der Waals surface area (Å²) in [5, 5.41) is 16.4. The Morgan fingerprint density at radius 2 is 1.89 bits per heavy atom. The van der Waals surface area contributed by atoms with Crippen molar-refractivity contribution in [2.45, 2.75) is 44.3 Å². The molecule has 2 aromatic rings. The summed E-state index contributed by atoms with van der Waals surface area (Å²) in [4.78, 5) is 52.5. The molecule has 1 aliphatic heterocycles. The average molecular weight is 562 g/mol. The summed E-state index contributed by atoms with van der Waals surface area (Å²) in [6.45, 7) is 1.65. The predicted molar refractivity (Wildman–Crippen MR) is 145 cm³/mol. The first-order chi connectivity index (χ1) is 18.1. The van der Waals surface area contributed by atoms with Crippen LogP contribution in [0.25, 0.3) is 0 Å². The molecule has 3 atom stereocenters. The summed E-state index contributed by atoms with van der Waals surface area (Å²) in [6, 6.07) is 5.46. The van der Waals surface area contributed by atoms with Crippen LogP contribution in [0.15, 0.2) is 29.3 Å². The lowest BCUT2D eigenvalue weighted by Crippen LogP contribution is -2.57. The van der Waals surface area contributed by atoms with E-state index in [0.29, 0.717) is 35.0 Å². The number of aromatic nitrogens is 1. The molecule has 1 fully saturated rings. The van der Waals surface area contributed by atoms with E-state index in [1.165, 1.54) is 11.3 Å². The quantitative estimate of drug-likeness (QED) is 0.249. The van der Waals surface area contributed by atoms with Gasteiger partial charge in [0, 0.05) is 55.5 Å². The molecule has 0 spiro atoms. The van der Waals surface area contributed by atoms with E-state index in [0.717, 1.165) is 30.1 Å². The van der Waals surface area contributed by atoms with Crippen LogP contribution in [0.4, 0.5) is 5.69 Å². The molecule has 0 unspecified atom stereocenters. The Morgan fingerprint density at radius 3 is 2.58 bits per heavy atom. The van der Waals surface area contributed by atoms with Gasteiger partial charge < -0.3 is 20.4 Å². The molecule has 13 heteroatoms. The lowest BCUT2D eigenvalue weighted by molar-refractivity contribution is -0.134. The third-order valence-corrected chi connectivity index (χ3v) is 8.11. The molecule has 4 rings (SSSR count). The first-order valence-corrected chi connectivity index (χ1v) is 13.6. The summed E-state index contributed by atoms with van der Waals surface area (Å²) in [7, 11) is 5.44. The average Bonchev–Trinajstić information content (AvgIpc) is 3.32. The molecule has 1 aliphatic carbocycles. The Kier molecular flexibility index (Phi) is 8.98. The van der Waals surface area contributed by atoms with Crippen molar-refractivity contribution in [1.29, 1.82) is 0 Å². The maximum Gasteiger partial charge on any atom is 0.289 e. The van der Waals surface area contributed by atoms with Crippen LogP contribution >= 0.6 is 22.9 Å². The second kappa shape index (κ2) is 12.2. The Hall–Kier alpha value is -3.06. The second-order valence-corrected chi connectivity index (χ2v) is 11.3. The van der Waals surface area contributed by atoms with Gasteiger partial charge in [0.2, 0.25) is 11.7 Å². The summed E-state index contributed by atoms with van der Waals surface area (Å²) >= 11 is 7.28. The molecular formula is C25H32ClN7O4S. The Labute approximate surface area is 230 Å². The number of carbonyl (C=O) groups is 3. The van der Waals surface area contributed by atoms with E-state index in [2.05, 4.69) is 25.5 Å². The van der Waals surface area contributed by atoms with E-state index in [1.54, 1.807) is 43.3 Å². The first-order valence-electron chi connectivity index (χ1n) is 12.4. The van der Waals surface area contributed by atoms with Crippen molar-refractivity contribution in [3.05, 3.63) is 44.9 Å². The molecule has 0 saturated heterocycles. The smallest absolute Gasteiger partial charge is 0.289 e. The van der Waals surface area contributed by atoms with Gasteiger partial charge in [0.25, 0.3) is 11.8 Å². The number of amidine groups is 1. The van der Waals surface area contributed by atoms with Gasteiger partial charge in [0.05, 0.1) is 17.4 Å². The van der Waals surface area contributed by atoms with Crippen LogP contribution in [0, 0.1) is 5.92 Å². The second-order valence-electron chi connectivity index (χ2n) is 9.83. The van der Waals surface area contributed by atoms with E-state index in [-0.39, 0.29) is 23.6 Å². The minimum absolute atomic E-state index is 0.0243. The van der Waals surface area contributed by atoms with Gasteiger partial charge in [0.1, 0.15) is 0 Å². The number of nitrogens with one attached hydrogen (secondary N) is 3. The Balaban J connectivity index is 1.51. The van der Waals surface area contributed by atoms with E-state index in [4.69, 9.17) is 11.6 Å². The zero-order valence-corrected chi connectivity index (χ0v) is 23.1. The van der Waals surface area contributed by atoms with Gasteiger partial charge >= 0.3 is 0 Å². The summed E-state index contributed by atoms with van der Waals surface area (Å²) in [6.07, 6.45) is 2.15. The molecule has 0 radical (unpaired) electrons. The van der Waals surface area contributed by atoms with Crippen molar-refractivity contribution < 1.29 is 19.6 Å². The van der Waals surface area contributed by atoms with Crippen LogP contribution in [0.3, 0.4) is 0 Å². The molecule has 1 aromatic heterocycles. The fraction of sp³-hybridized carbons (Fsp3) is 0.480. The third-order valence-electron chi connectivity index (χ3n) is 6.78. The molecule has 11 nitrogen and oxygen atoms in total. The van der Waals surface area contributed by atoms with Crippen LogP contribution in [-0.2, 0) is 22.6 Å². The zero-order valence-electron chi connectivity index (χ0n) is 21.5. The predicted octanol–water partition coefficient (Wildman–Crippen LogP) is 1.96. The zero-order chi connectivity index (χ0) is 27.4. The number of fused-ring (bicyclic) bond motifs is 1. The Bertz CT molecular complexity index is 1220. The maximum absolute atomic E-state index is 13.2. The van der Waals surface area contributed by atoms with Crippen molar-refractivity contribution in [3.8, 4) is 0 Å². The van der Waals surface area contributed by atoms with E-state index < -0.39 is 18.0 Å². The maximum atomic E-state index is 13.2. The van der Waals surface area contributed by atoms with E-state index in [1.807, 2.05) is 12.5 Å². The lowest BCUT2D eigenvalue weighted by Gasteiger charge is -2.37. The molecule has 38 heavy (non-hydrogen) atoms. The van der Waals surface area contributed by atoms with Crippen LogP contribution in [0.5, 0.6) is 0 Å². The molecule has 1 saturated carbocycles. The fourth-order valence-electron chi connectivity index (χ4n) is 4.75. The summed E-state index contributed by atoms with van der Waals surface area (Å²) in [5.74, 6) is -1.59. The Morgan fingerprint density at radius 1 is 1.16 bits per heavy atom. The number of halogens is 1. The van der Waals surface area contributed by atoms with Crippen molar-refractivity contribution in [1.82, 2.24) is 30.9 Å². The normalized spacial score (nSPS) is 21.8. The molecular weight excluding hydrogens is 530 g/mol. The number of aliphatic imine (C=N–C) groups is 1. The van der Waals surface area contributed by atoms with E-state index >= 15 is 0 Å². The van der Waals surface area contributed by atoms with Crippen LogP contribution in [-0.4, -0.2) is 83.3 Å². The van der Waals surface area contributed by atoms with Crippen molar-refractivity contribution in [2.75, 3.05) is 27.7 Å². The number of likely N-dealkylation sites (N-methyl/N-ethyl adjacent to an activating group) is 1. The van der Waals surface area contributed by atoms with Crippen molar-refractivity contribution in [2.24, 2.45) is 10.9 Å². The van der Waals surface area contributed by atoms with Crippen molar-refractivity contribution >= 4 is 52.2 Å². The van der Waals surface area contributed by atoms with Gasteiger partial charge in [-0.25, -0.2) is 15.5 Å². The van der Waals surface area contributed by atoms with Crippen LogP contribution in [0.1, 0.15) is 39.6 Å². The molecule has 4 N–H and O–H groups in total.